The number of nitrogens with zero attached hydrogens (tertiary/aromatic N) is 3. The number of nitrogens with one attached hydrogen (secondary N) is 1. The van der Waals surface area contributed by atoms with E-state index in [0.29, 0.717) is 5.69 Å². The minimum absolute atomic E-state index is 0.0189. The summed E-state index contributed by atoms with van der Waals surface area (Å²) >= 11 is 0. The molecule has 0 saturated heterocycles. The molecule has 80 valence electrons. The van der Waals surface area contributed by atoms with Crippen molar-refractivity contribution in [1.82, 2.24) is 19.7 Å². The van der Waals surface area contributed by atoms with Crippen LogP contribution in [-0.2, 0) is 13.2 Å². The zero-order valence-electron chi connectivity index (χ0n) is 8.64. The summed E-state index contributed by atoms with van der Waals surface area (Å²) < 4.78 is 1.90. The van der Waals surface area contributed by atoms with Gasteiger partial charge in [0, 0.05) is 12.7 Å². The number of aliphatic hydroxyl groups excluding tert-OH is 1. The van der Waals surface area contributed by atoms with Crippen LogP contribution >= 0.6 is 0 Å². The Kier molecular flexibility index (Phi) is 2.82. The standard InChI is InChI=1S/C10H14N4O/c1-2-5-14-9(3-4-12-14)10-11-6-8(7-15)13-10/h3-4,6,15H,2,5,7H2,1H3,(H,11,13). The van der Waals surface area contributed by atoms with Gasteiger partial charge in [0.1, 0.15) is 5.69 Å². The van der Waals surface area contributed by atoms with E-state index in [0.717, 1.165) is 24.5 Å². The Morgan fingerprint density at radius 1 is 1.53 bits per heavy atom. The van der Waals surface area contributed by atoms with Crippen LogP contribution in [0.1, 0.15) is 19.0 Å². The summed E-state index contributed by atoms with van der Waals surface area (Å²) in [7, 11) is 0. The van der Waals surface area contributed by atoms with Gasteiger partial charge in [-0.25, -0.2) is 4.98 Å². The molecule has 0 atom stereocenters. The van der Waals surface area contributed by atoms with E-state index in [2.05, 4.69) is 22.0 Å². The van der Waals surface area contributed by atoms with Crippen LogP contribution in [0.5, 0.6) is 0 Å². The van der Waals surface area contributed by atoms with Crippen molar-refractivity contribution in [3.63, 3.8) is 0 Å². The molecule has 0 spiro atoms. The second kappa shape index (κ2) is 4.27. The predicted octanol–water partition coefficient (Wildman–Crippen LogP) is 1.18. The zero-order valence-corrected chi connectivity index (χ0v) is 8.64. The van der Waals surface area contributed by atoms with Gasteiger partial charge >= 0.3 is 0 Å². The highest BCUT2D eigenvalue weighted by Gasteiger charge is 2.08. The Bertz CT molecular complexity index is 432. The summed E-state index contributed by atoms with van der Waals surface area (Å²) in [4.78, 5) is 7.24. The van der Waals surface area contributed by atoms with Gasteiger partial charge in [0.05, 0.1) is 18.5 Å². The van der Waals surface area contributed by atoms with Crippen LogP contribution in [0, 0.1) is 0 Å². The average Bonchev–Trinajstić information content (AvgIpc) is 2.85. The normalized spacial score (nSPS) is 10.8. The molecule has 2 aromatic heterocycles. The Labute approximate surface area is 87.8 Å². The molecule has 0 bridgehead atoms. The molecule has 0 aliphatic rings. The van der Waals surface area contributed by atoms with Crippen LogP contribution in [-0.4, -0.2) is 24.9 Å². The van der Waals surface area contributed by atoms with Crippen LogP contribution < -0.4 is 0 Å². The first-order valence-corrected chi connectivity index (χ1v) is 5.02. The highest BCUT2D eigenvalue weighted by Crippen LogP contribution is 2.15. The molecule has 0 aliphatic heterocycles. The number of hydrogen-bond donors (Lipinski definition) is 2. The van der Waals surface area contributed by atoms with Crippen LogP contribution in [0.4, 0.5) is 0 Å². The topological polar surface area (TPSA) is 66.7 Å². The number of rotatable bonds is 4. The second-order valence-electron chi connectivity index (χ2n) is 3.35. The molecule has 5 nitrogen and oxygen atoms in total. The summed E-state index contributed by atoms with van der Waals surface area (Å²) in [6.07, 6.45) is 4.42. The molecule has 0 saturated carbocycles. The fourth-order valence-corrected chi connectivity index (χ4v) is 1.49. The van der Waals surface area contributed by atoms with Crippen molar-refractivity contribution >= 4 is 0 Å². The van der Waals surface area contributed by atoms with Gasteiger partial charge in [0.15, 0.2) is 5.82 Å². The third kappa shape index (κ3) is 1.92. The van der Waals surface area contributed by atoms with E-state index in [4.69, 9.17) is 5.11 Å². The third-order valence-corrected chi connectivity index (χ3v) is 2.19. The summed E-state index contributed by atoms with van der Waals surface area (Å²) in [5.74, 6) is 0.755. The van der Waals surface area contributed by atoms with Crippen LogP contribution in [0.2, 0.25) is 0 Å². The van der Waals surface area contributed by atoms with Gasteiger partial charge in [0.2, 0.25) is 0 Å². The van der Waals surface area contributed by atoms with E-state index in [1.807, 2.05) is 10.7 Å². The monoisotopic (exact) mass is 206 g/mol. The molecule has 0 unspecified atom stereocenters. The number of aromatic amines is 1. The number of aryl methyl sites for hydroxylation is 1. The highest BCUT2D eigenvalue weighted by atomic mass is 16.3. The molecule has 2 rings (SSSR count). The molecule has 0 amide bonds. The molecule has 2 N–H and O–H groups in total. The minimum Gasteiger partial charge on any atom is -0.390 e. The highest BCUT2D eigenvalue weighted by molar-refractivity contribution is 5.49. The Morgan fingerprint density at radius 2 is 2.40 bits per heavy atom. The van der Waals surface area contributed by atoms with Crippen LogP contribution in [0.25, 0.3) is 11.5 Å². The van der Waals surface area contributed by atoms with Gasteiger partial charge in [-0.2, -0.15) is 5.10 Å². The Morgan fingerprint density at radius 3 is 3.07 bits per heavy atom. The van der Waals surface area contributed by atoms with Gasteiger partial charge in [-0.05, 0) is 12.5 Å². The third-order valence-electron chi connectivity index (χ3n) is 2.19. The number of imidazole rings is 1. The lowest BCUT2D eigenvalue weighted by molar-refractivity contribution is 0.277. The zero-order chi connectivity index (χ0) is 10.7. The summed E-state index contributed by atoms with van der Waals surface area (Å²) in [5, 5.41) is 13.1. The van der Waals surface area contributed by atoms with Crippen molar-refractivity contribution in [3.8, 4) is 11.5 Å². The van der Waals surface area contributed by atoms with Crippen molar-refractivity contribution in [2.45, 2.75) is 26.5 Å². The lowest BCUT2D eigenvalue weighted by Gasteiger charge is -2.02. The minimum atomic E-state index is -0.0189. The van der Waals surface area contributed by atoms with Crippen molar-refractivity contribution in [3.05, 3.63) is 24.2 Å². The quantitative estimate of drug-likeness (QED) is 0.789. The SMILES string of the molecule is CCCn1nccc1-c1ncc(CO)[nH]1. The number of aliphatic hydroxyl groups is 1. The summed E-state index contributed by atoms with van der Waals surface area (Å²) in [6.45, 7) is 2.96. The maximum absolute atomic E-state index is 8.93. The molecule has 0 aromatic carbocycles. The smallest absolute Gasteiger partial charge is 0.155 e. The molecule has 2 aromatic rings. The molecule has 0 radical (unpaired) electrons. The Hall–Kier alpha value is -1.62. The lowest BCUT2D eigenvalue weighted by Crippen LogP contribution is -2.01. The van der Waals surface area contributed by atoms with Gasteiger partial charge in [-0.3, -0.25) is 4.68 Å². The number of H-pyrrole nitrogens is 1. The van der Waals surface area contributed by atoms with Gasteiger partial charge < -0.3 is 10.1 Å². The van der Waals surface area contributed by atoms with Crippen molar-refractivity contribution in [2.24, 2.45) is 0 Å². The summed E-state index contributed by atoms with van der Waals surface area (Å²) in [5.41, 5.74) is 1.67. The average molecular weight is 206 g/mol. The van der Waals surface area contributed by atoms with Crippen molar-refractivity contribution < 1.29 is 5.11 Å². The van der Waals surface area contributed by atoms with E-state index in [-0.39, 0.29) is 6.61 Å². The van der Waals surface area contributed by atoms with Crippen LogP contribution in [0.3, 0.4) is 0 Å². The van der Waals surface area contributed by atoms with E-state index >= 15 is 0 Å². The molecular weight excluding hydrogens is 192 g/mol. The van der Waals surface area contributed by atoms with E-state index in [1.54, 1.807) is 12.4 Å². The number of aromatic nitrogens is 4. The van der Waals surface area contributed by atoms with Gasteiger partial charge in [0.25, 0.3) is 0 Å². The van der Waals surface area contributed by atoms with E-state index < -0.39 is 0 Å². The fourth-order valence-electron chi connectivity index (χ4n) is 1.49. The Balaban J connectivity index is 2.31. The fraction of sp³-hybridized carbons (Fsp3) is 0.400. The predicted molar refractivity (Wildman–Crippen MR) is 56.0 cm³/mol. The van der Waals surface area contributed by atoms with Gasteiger partial charge in [-0.1, -0.05) is 6.92 Å². The molecule has 2 heterocycles. The first-order chi connectivity index (χ1) is 7.35. The van der Waals surface area contributed by atoms with Crippen molar-refractivity contribution in [1.29, 1.82) is 0 Å². The van der Waals surface area contributed by atoms with Crippen LogP contribution in [0.15, 0.2) is 18.5 Å². The van der Waals surface area contributed by atoms with Crippen molar-refractivity contribution in [2.75, 3.05) is 0 Å². The van der Waals surface area contributed by atoms with E-state index in [9.17, 15) is 0 Å². The second-order valence-corrected chi connectivity index (χ2v) is 3.35. The molecule has 15 heavy (non-hydrogen) atoms. The lowest BCUT2D eigenvalue weighted by atomic mass is 10.4. The maximum Gasteiger partial charge on any atom is 0.155 e. The van der Waals surface area contributed by atoms with Gasteiger partial charge in [-0.15, -0.1) is 0 Å². The number of hydrogen-bond acceptors (Lipinski definition) is 3. The summed E-state index contributed by atoms with van der Waals surface area (Å²) in [6, 6.07) is 1.91. The molecular formula is C10H14N4O. The molecule has 5 heteroatoms. The first-order valence-electron chi connectivity index (χ1n) is 5.02. The maximum atomic E-state index is 8.93. The first kappa shape index (κ1) is 9.92. The molecule has 0 fully saturated rings. The van der Waals surface area contributed by atoms with E-state index in [1.165, 1.54) is 0 Å². The molecule has 0 aliphatic carbocycles. The largest absolute Gasteiger partial charge is 0.390 e.